The standard InChI is InChI=1S/C9H22N2O.CH2O3.2K.H/c1-3-11(7-8-12)6-4-5-9(2)10;2-1-4-3;;;/h9,12H,3-8,10H2,1-2H3;1,3H;;;/q;;2*+1;-1/p-1. The van der Waals surface area contributed by atoms with Gasteiger partial charge in [0.15, 0.2) is 0 Å². The van der Waals surface area contributed by atoms with E-state index < -0.39 is 0 Å². The molecule has 0 aliphatic rings. The number of aliphatic hydroxyl groups excluding tert-OH is 1. The maximum Gasteiger partial charge on any atom is 1.00 e. The molecule has 18 heavy (non-hydrogen) atoms. The molecular formula is C10H24K2N2O4. The van der Waals surface area contributed by atoms with Crippen molar-refractivity contribution < 1.29 is 124 Å². The number of likely N-dealkylation sites (N-methyl/N-ethyl adjacent to an activating group) is 1. The minimum atomic E-state index is -0.181. The Morgan fingerprint density at radius 2 is 2.00 bits per heavy atom. The molecule has 6 nitrogen and oxygen atoms in total. The molecule has 0 fully saturated rings. The summed E-state index contributed by atoms with van der Waals surface area (Å²) in [6.07, 6.45) is 2.20. The van der Waals surface area contributed by atoms with Gasteiger partial charge in [0.2, 0.25) is 0 Å². The quantitative estimate of drug-likeness (QED) is 0.200. The summed E-state index contributed by atoms with van der Waals surface area (Å²) in [6.45, 7) is 7.07. The van der Waals surface area contributed by atoms with Crippen molar-refractivity contribution in [2.45, 2.75) is 32.7 Å². The van der Waals surface area contributed by atoms with Crippen LogP contribution >= 0.6 is 0 Å². The molecule has 0 aliphatic carbocycles. The zero-order chi connectivity index (χ0) is 12.8. The van der Waals surface area contributed by atoms with E-state index in [1.165, 1.54) is 0 Å². The largest absolute Gasteiger partial charge is 1.00 e. The van der Waals surface area contributed by atoms with E-state index in [4.69, 9.17) is 20.9 Å². The first-order valence-electron chi connectivity index (χ1n) is 5.43. The van der Waals surface area contributed by atoms with Gasteiger partial charge in [0, 0.05) is 12.6 Å². The van der Waals surface area contributed by atoms with Crippen LogP contribution in [0.3, 0.4) is 0 Å². The Labute approximate surface area is 196 Å². The third kappa shape index (κ3) is 27.0. The van der Waals surface area contributed by atoms with E-state index in [2.05, 4.69) is 16.7 Å². The summed E-state index contributed by atoms with van der Waals surface area (Å²) in [5, 5.41) is 17.1. The summed E-state index contributed by atoms with van der Waals surface area (Å²) in [7, 11) is 0. The molecule has 0 spiro atoms. The second-order valence-electron chi connectivity index (χ2n) is 3.47. The van der Waals surface area contributed by atoms with Gasteiger partial charge < -0.3 is 27.3 Å². The van der Waals surface area contributed by atoms with Crippen LogP contribution in [0, 0.1) is 0 Å². The Morgan fingerprint density at radius 3 is 2.28 bits per heavy atom. The fourth-order valence-electron chi connectivity index (χ4n) is 1.21. The normalized spacial score (nSPS) is 10.3. The predicted octanol–water partition coefficient (Wildman–Crippen LogP) is -7.02. The maximum absolute atomic E-state index is 8.71. The average Bonchev–Trinajstić information content (AvgIpc) is 2.28. The molecule has 0 aromatic heterocycles. The second kappa shape index (κ2) is 24.6. The molecule has 0 rings (SSSR count). The van der Waals surface area contributed by atoms with Gasteiger partial charge in [0.25, 0.3) is 6.47 Å². The molecule has 1 unspecified atom stereocenters. The Kier molecular flexibility index (Phi) is 39.2. The minimum absolute atomic E-state index is 0. The van der Waals surface area contributed by atoms with Gasteiger partial charge in [-0.15, -0.1) is 0 Å². The van der Waals surface area contributed by atoms with Crippen molar-refractivity contribution in [1.29, 1.82) is 0 Å². The summed E-state index contributed by atoms with van der Waals surface area (Å²) < 4.78 is 0. The van der Waals surface area contributed by atoms with E-state index in [0.717, 1.165) is 32.5 Å². The van der Waals surface area contributed by atoms with Crippen molar-refractivity contribution in [1.82, 2.24) is 4.90 Å². The third-order valence-electron chi connectivity index (χ3n) is 2.04. The smallest absolute Gasteiger partial charge is 1.00 e. The summed E-state index contributed by atoms with van der Waals surface area (Å²) >= 11 is 0. The van der Waals surface area contributed by atoms with Crippen molar-refractivity contribution in [2.75, 3.05) is 26.2 Å². The van der Waals surface area contributed by atoms with E-state index in [-0.39, 0.29) is 117 Å². The Balaban J connectivity index is -0.0000000827. The fourth-order valence-corrected chi connectivity index (χ4v) is 1.21. The molecule has 0 aromatic carbocycles. The van der Waals surface area contributed by atoms with Crippen LogP contribution in [0.5, 0.6) is 0 Å². The summed E-state index contributed by atoms with van der Waals surface area (Å²) in [5.74, 6) is 0. The number of nitrogens with two attached hydrogens (primary N) is 1. The number of rotatable bonds is 8. The molecule has 0 bridgehead atoms. The van der Waals surface area contributed by atoms with Crippen LogP contribution in [0.2, 0.25) is 0 Å². The molecule has 0 saturated heterocycles. The van der Waals surface area contributed by atoms with E-state index in [0.29, 0.717) is 6.04 Å². The van der Waals surface area contributed by atoms with E-state index in [9.17, 15) is 0 Å². The summed E-state index contributed by atoms with van der Waals surface area (Å²) in [6, 6.07) is 0.304. The number of nitrogens with zero attached hydrogens (tertiary/aromatic N) is 1. The average molecular weight is 315 g/mol. The number of carbonyl (C=O) groups is 1. The molecule has 0 amide bonds. The first-order valence-corrected chi connectivity index (χ1v) is 5.43. The Morgan fingerprint density at radius 1 is 1.50 bits per heavy atom. The number of aliphatic hydroxyl groups is 1. The second-order valence-corrected chi connectivity index (χ2v) is 3.47. The third-order valence-corrected chi connectivity index (χ3v) is 2.04. The van der Waals surface area contributed by atoms with Crippen LogP contribution in [-0.2, 0) is 9.68 Å². The SMILES string of the molecule is CCN(CCO)CCCC(C)N.O=CO[O-].[H-].[K+].[K+]. The topological polar surface area (TPSA) is 98.9 Å². The van der Waals surface area contributed by atoms with Crippen LogP contribution in [0.4, 0.5) is 0 Å². The van der Waals surface area contributed by atoms with E-state index in [1.807, 2.05) is 6.92 Å². The fraction of sp³-hybridized carbons (Fsp3) is 0.900. The molecule has 0 aliphatic heterocycles. The van der Waals surface area contributed by atoms with Gasteiger partial charge in [-0.2, -0.15) is 0 Å². The van der Waals surface area contributed by atoms with Gasteiger partial charge in [-0.1, -0.05) is 6.92 Å². The van der Waals surface area contributed by atoms with Crippen molar-refractivity contribution in [3.8, 4) is 0 Å². The molecule has 100 valence electrons. The molecule has 0 aromatic rings. The Hall–Kier alpha value is 2.58. The van der Waals surface area contributed by atoms with Gasteiger partial charge >= 0.3 is 103 Å². The monoisotopic (exact) mass is 314 g/mol. The van der Waals surface area contributed by atoms with Crippen LogP contribution in [0.25, 0.3) is 0 Å². The molecule has 0 radical (unpaired) electrons. The summed E-state index contributed by atoms with van der Waals surface area (Å²) in [4.78, 5) is 13.5. The first kappa shape index (κ1) is 28.7. The van der Waals surface area contributed by atoms with Gasteiger partial charge in [-0.3, -0.25) is 4.79 Å². The van der Waals surface area contributed by atoms with Crippen molar-refractivity contribution in [3.63, 3.8) is 0 Å². The minimum Gasteiger partial charge on any atom is -1.00 e. The predicted molar refractivity (Wildman–Crippen MR) is 60.3 cm³/mol. The van der Waals surface area contributed by atoms with Crippen LogP contribution < -0.4 is 114 Å². The van der Waals surface area contributed by atoms with Crippen molar-refractivity contribution in [3.05, 3.63) is 0 Å². The maximum atomic E-state index is 8.71. The van der Waals surface area contributed by atoms with Gasteiger partial charge in [0.05, 0.1) is 6.61 Å². The zero-order valence-electron chi connectivity index (χ0n) is 13.1. The van der Waals surface area contributed by atoms with Crippen LogP contribution in [-0.4, -0.2) is 48.8 Å². The van der Waals surface area contributed by atoms with Gasteiger partial charge in [0.1, 0.15) is 0 Å². The molecule has 3 N–H and O–H groups in total. The van der Waals surface area contributed by atoms with Crippen LogP contribution in [0.15, 0.2) is 0 Å². The number of hydrogen-bond donors (Lipinski definition) is 2. The molecule has 0 saturated carbocycles. The van der Waals surface area contributed by atoms with Crippen molar-refractivity contribution in [2.24, 2.45) is 5.73 Å². The molecular weight excluding hydrogens is 290 g/mol. The number of hydrogen-bond acceptors (Lipinski definition) is 6. The molecule has 1 atom stereocenters. The number of carbonyl (C=O) groups excluding carboxylic acids is 1. The van der Waals surface area contributed by atoms with E-state index in [1.54, 1.807) is 0 Å². The first-order chi connectivity index (χ1) is 7.62. The Bertz CT molecular complexity index is 159. The van der Waals surface area contributed by atoms with Crippen molar-refractivity contribution >= 4 is 6.47 Å². The van der Waals surface area contributed by atoms with Gasteiger partial charge in [-0.25, -0.2) is 0 Å². The van der Waals surface area contributed by atoms with Crippen LogP contribution in [0.1, 0.15) is 28.1 Å². The van der Waals surface area contributed by atoms with E-state index >= 15 is 0 Å². The zero-order valence-corrected chi connectivity index (χ0v) is 18.3. The molecule has 8 heteroatoms. The molecule has 0 heterocycles. The summed E-state index contributed by atoms with van der Waals surface area (Å²) in [5.41, 5.74) is 5.63. The van der Waals surface area contributed by atoms with Gasteiger partial charge in [-0.05, 0) is 32.9 Å².